The van der Waals surface area contributed by atoms with Gasteiger partial charge in [0.25, 0.3) is 0 Å². The summed E-state index contributed by atoms with van der Waals surface area (Å²) < 4.78 is 26.8. The number of hydrogen-bond donors (Lipinski definition) is 3. The Morgan fingerprint density at radius 1 is 1.65 bits per heavy atom. The number of hydrogen-bond acceptors (Lipinski definition) is 5. The molecule has 1 fully saturated rings. The van der Waals surface area contributed by atoms with Gasteiger partial charge in [0.15, 0.2) is 0 Å². The summed E-state index contributed by atoms with van der Waals surface area (Å²) >= 11 is 6.85. The monoisotopic (exact) mass is 296 g/mol. The van der Waals surface area contributed by atoms with Gasteiger partial charge in [-0.3, -0.25) is 0 Å². The molecule has 5 nitrogen and oxygen atoms in total. The fourth-order valence-electron chi connectivity index (χ4n) is 1.40. The average Bonchev–Trinajstić information content (AvgIpc) is 2.54. The fraction of sp³-hybridized carbons (Fsp3) is 0.556. The summed E-state index contributed by atoms with van der Waals surface area (Å²) in [6, 6.07) is 1.53. The number of thiophene rings is 1. The molecule has 17 heavy (non-hydrogen) atoms. The van der Waals surface area contributed by atoms with Crippen molar-refractivity contribution in [3.63, 3.8) is 0 Å². The second-order valence-corrected chi connectivity index (χ2v) is 7.82. The molecular formula is C9H13ClN2O3S2. The summed E-state index contributed by atoms with van der Waals surface area (Å²) in [4.78, 5) is 0. The summed E-state index contributed by atoms with van der Waals surface area (Å²) in [5, 5.41) is 12.7. The second-order valence-electron chi connectivity index (χ2n) is 4.17. The standard InChI is InChI=1S/C9H13ClN2O3S2/c1-6-2-7(16-8(6)10)17(14,15)12-5-9(13)3-11-4-9/h2,11-13H,3-5H2,1H3. The molecule has 1 aromatic heterocycles. The van der Waals surface area contributed by atoms with Crippen LogP contribution in [-0.4, -0.2) is 38.8 Å². The lowest BCUT2D eigenvalue weighted by Crippen LogP contribution is -2.64. The van der Waals surface area contributed by atoms with Gasteiger partial charge in [0, 0.05) is 19.6 Å². The van der Waals surface area contributed by atoms with Crippen LogP contribution in [0.4, 0.5) is 0 Å². The maximum atomic E-state index is 11.9. The van der Waals surface area contributed by atoms with E-state index in [2.05, 4.69) is 10.0 Å². The summed E-state index contributed by atoms with van der Waals surface area (Å²) in [7, 11) is -3.58. The van der Waals surface area contributed by atoms with Crippen LogP contribution >= 0.6 is 22.9 Å². The Balaban J connectivity index is 2.08. The summed E-state index contributed by atoms with van der Waals surface area (Å²) in [5.41, 5.74) is -0.232. The van der Waals surface area contributed by atoms with Crippen LogP contribution in [0.25, 0.3) is 0 Å². The molecule has 2 rings (SSSR count). The lowest BCUT2D eigenvalue weighted by Gasteiger charge is -2.37. The minimum Gasteiger partial charge on any atom is -0.386 e. The zero-order chi connectivity index (χ0) is 12.7. The molecule has 0 radical (unpaired) electrons. The molecule has 1 aliphatic heterocycles. The SMILES string of the molecule is Cc1cc(S(=O)(=O)NCC2(O)CNC2)sc1Cl. The van der Waals surface area contributed by atoms with Gasteiger partial charge in [-0.05, 0) is 18.6 Å². The lowest BCUT2D eigenvalue weighted by atomic mass is 9.98. The maximum absolute atomic E-state index is 11.9. The van der Waals surface area contributed by atoms with E-state index >= 15 is 0 Å². The predicted octanol–water partition coefficient (Wildman–Crippen LogP) is 0.323. The van der Waals surface area contributed by atoms with E-state index in [0.29, 0.717) is 17.4 Å². The molecule has 0 atom stereocenters. The van der Waals surface area contributed by atoms with Crippen molar-refractivity contribution in [2.45, 2.75) is 16.7 Å². The molecule has 0 saturated carbocycles. The van der Waals surface area contributed by atoms with Crippen molar-refractivity contribution in [2.75, 3.05) is 19.6 Å². The first-order valence-corrected chi connectivity index (χ1v) is 7.69. The first-order chi connectivity index (χ1) is 7.82. The molecule has 0 spiro atoms. The summed E-state index contributed by atoms with van der Waals surface area (Å²) in [6.07, 6.45) is 0. The summed E-state index contributed by atoms with van der Waals surface area (Å²) in [6.45, 7) is 2.57. The van der Waals surface area contributed by atoms with Crippen molar-refractivity contribution < 1.29 is 13.5 Å². The van der Waals surface area contributed by atoms with Gasteiger partial charge in [0.05, 0.1) is 4.34 Å². The number of aliphatic hydroxyl groups is 1. The molecule has 8 heteroatoms. The van der Waals surface area contributed by atoms with Crippen LogP contribution < -0.4 is 10.0 Å². The maximum Gasteiger partial charge on any atom is 0.250 e. The van der Waals surface area contributed by atoms with E-state index < -0.39 is 15.6 Å². The van der Waals surface area contributed by atoms with Gasteiger partial charge < -0.3 is 10.4 Å². The van der Waals surface area contributed by atoms with Gasteiger partial charge in [-0.1, -0.05) is 11.6 Å². The van der Waals surface area contributed by atoms with Crippen LogP contribution in [-0.2, 0) is 10.0 Å². The van der Waals surface area contributed by atoms with E-state index in [1.54, 1.807) is 6.92 Å². The molecule has 0 amide bonds. The molecule has 0 aromatic carbocycles. The molecule has 1 saturated heterocycles. The van der Waals surface area contributed by atoms with E-state index in [-0.39, 0.29) is 10.8 Å². The Morgan fingerprint density at radius 3 is 2.71 bits per heavy atom. The smallest absolute Gasteiger partial charge is 0.250 e. The van der Waals surface area contributed by atoms with Crippen LogP contribution in [0.3, 0.4) is 0 Å². The fourth-order valence-corrected chi connectivity index (χ4v) is 4.28. The Morgan fingerprint density at radius 2 is 2.29 bits per heavy atom. The topological polar surface area (TPSA) is 78.4 Å². The van der Waals surface area contributed by atoms with Crippen molar-refractivity contribution in [3.05, 3.63) is 16.0 Å². The first-order valence-electron chi connectivity index (χ1n) is 5.01. The normalized spacial score (nSPS) is 19.0. The lowest BCUT2D eigenvalue weighted by molar-refractivity contribution is -0.00396. The van der Waals surface area contributed by atoms with Crippen LogP contribution in [0.1, 0.15) is 5.56 Å². The van der Waals surface area contributed by atoms with Crippen molar-refractivity contribution >= 4 is 33.0 Å². The van der Waals surface area contributed by atoms with Crippen molar-refractivity contribution in [3.8, 4) is 0 Å². The van der Waals surface area contributed by atoms with E-state index in [0.717, 1.165) is 16.9 Å². The number of nitrogens with one attached hydrogen (secondary N) is 2. The van der Waals surface area contributed by atoms with Gasteiger partial charge in [0.1, 0.15) is 9.81 Å². The average molecular weight is 297 g/mol. The zero-order valence-corrected chi connectivity index (χ0v) is 11.5. The highest BCUT2D eigenvalue weighted by Crippen LogP contribution is 2.30. The van der Waals surface area contributed by atoms with Gasteiger partial charge in [-0.2, -0.15) is 0 Å². The van der Waals surface area contributed by atoms with Crippen LogP contribution in [0.15, 0.2) is 10.3 Å². The molecule has 0 aliphatic carbocycles. The number of rotatable bonds is 4. The molecule has 1 aliphatic rings. The predicted molar refractivity (Wildman–Crippen MR) is 67.1 cm³/mol. The Labute approximate surface area is 109 Å². The highest BCUT2D eigenvalue weighted by molar-refractivity contribution is 7.91. The zero-order valence-electron chi connectivity index (χ0n) is 9.16. The third-order valence-electron chi connectivity index (χ3n) is 2.60. The van der Waals surface area contributed by atoms with E-state index in [1.807, 2.05) is 0 Å². The Bertz CT molecular complexity index is 503. The van der Waals surface area contributed by atoms with E-state index in [4.69, 9.17) is 11.6 Å². The minimum absolute atomic E-state index is 0.0108. The number of aryl methyl sites for hydroxylation is 1. The number of β-amino-alcohol motifs (C(OH)–C–C–N with tert-alkyl or cyclic N) is 1. The summed E-state index contributed by atoms with van der Waals surface area (Å²) in [5.74, 6) is 0. The third kappa shape index (κ3) is 2.81. The Kier molecular flexibility index (Phi) is 3.50. The molecular weight excluding hydrogens is 284 g/mol. The van der Waals surface area contributed by atoms with E-state index in [1.165, 1.54) is 6.07 Å². The molecule has 1 aromatic rings. The van der Waals surface area contributed by atoms with Crippen LogP contribution in [0, 0.1) is 6.92 Å². The second kappa shape index (κ2) is 4.49. The Hall–Kier alpha value is -0.180. The minimum atomic E-state index is -3.58. The van der Waals surface area contributed by atoms with Gasteiger partial charge in [0.2, 0.25) is 10.0 Å². The highest BCUT2D eigenvalue weighted by atomic mass is 35.5. The van der Waals surface area contributed by atoms with Crippen LogP contribution in [0.2, 0.25) is 4.34 Å². The van der Waals surface area contributed by atoms with Crippen molar-refractivity contribution in [1.29, 1.82) is 0 Å². The molecule has 3 N–H and O–H groups in total. The number of halogens is 1. The molecule has 0 bridgehead atoms. The third-order valence-corrected chi connectivity index (χ3v) is 6.03. The van der Waals surface area contributed by atoms with Gasteiger partial charge in [-0.25, -0.2) is 13.1 Å². The number of sulfonamides is 1. The van der Waals surface area contributed by atoms with Crippen LogP contribution in [0.5, 0.6) is 0 Å². The van der Waals surface area contributed by atoms with Crippen molar-refractivity contribution in [2.24, 2.45) is 0 Å². The first kappa shape index (κ1) is 13.3. The largest absolute Gasteiger partial charge is 0.386 e. The molecule has 96 valence electrons. The van der Waals surface area contributed by atoms with Crippen molar-refractivity contribution in [1.82, 2.24) is 10.0 Å². The van der Waals surface area contributed by atoms with Gasteiger partial charge >= 0.3 is 0 Å². The quantitative estimate of drug-likeness (QED) is 0.748. The highest BCUT2D eigenvalue weighted by Gasteiger charge is 2.35. The van der Waals surface area contributed by atoms with Gasteiger partial charge in [-0.15, -0.1) is 11.3 Å². The molecule has 2 heterocycles. The van der Waals surface area contributed by atoms with E-state index in [9.17, 15) is 13.5 Å². The molecule has 0 unspecified atom stereocenters.